The van der Waals surface area contributed by atoms with Gasteiger partial charge in [0, 0.05) is 40.8 Å². The number of nitrogens with zero attached hydrogens (tertiary/aromatic N) is 3. The normalized spacial score (nSPS) is 10.3. The SMILES string of the molecule is CN(C)C(=O)NCCNCc1c(C(=O)O)cnn1C. The zero-order valence-corrected chi connectivity index (χ0v) is 11.3. The van der Waals surface area contributed by atoms with Crippen molar-refractivity contribution in [3.05, 3.63) is 17.5 Å². The van der Waals surface area contributed by atoms with Crippen LogP contribution in [0.4, 0.5) is 4.79 Å². The summed E-state index contributed by atoms with van der Waals surface area (Å²) in [6.45, 7) is 1.40. The molecule has 1 rings (SSSR count). The first-order chi connectivity index (χ1) is 8.93. The van der Waals surface area contributed by atoms with Crippen LogP contribution < -0.4 is 10.6 Å². The van der Waals surface area contributed by atoms with Crippen LogP contribution in [0.25, 0.3) is 0 Å². The number of amides is 2. The number of rotatable bonds is 6. The van der Waals surface area contributed by atoms with Crippen molar-refractivity contribution >= 4 is 12.0 Å². The van der Waals surface area contributed by atoms with Crippen LogP contribution in [-0.4, -0.2) is 59.0 Å². The van der Waals surface area contributed by atoms with E-state index >= 15 is 0 Å². The number of urea groups is 1. The van der Waals surface area contributed by atoms with Crippen molar-refractivity contribution in [3.63, 3.8) is 0 Å². The molecular weight excluding hydrogens is 250 g/mol. The maximum Gasteiger partial charge on any atom is 0.339 e. The molecule has 1 aromatic heterocycles. The molecule has 0 aliphatic rings. The Morgan fingerprint density at radius 3 is 2.68 bits per heavy atom. The van der Waals surface area contributed by atoms with Crippen LogP contribution in [0.2, 0.25) is 0 Å². The van der Waals surface area contributed by atoms with Gasteiger partial charge >= 0.3 is 12.0 Å². The zero-order chi connectivity index (χ0) is 14.4. The molecule has 0 radical (unpaired) electrons. The van der Waals surface area contributed by atoms with E-state index in [0.717, 1.165) is 0 Å². The molecule has 8 nitrogen and oxygen atoms in total. The summed E-state index contributed by atoms with van der Waals surface area (Å²) in [5, 5.41) is 18.6. The standard InChI is InChI=1S/C11H19N5O3/c1-15(2)11(19)13-5-4-12-7-9-8(10(17)18)6-14-16(9)3/h6,12H,4-5,7H2,1-3H3,(H,13,19)(H,17,18). The Kier molecular flexibility index (Phi) is 5.31. The molecule has 0 aliphatic carbocycles. The van der Waals surface area contributed by atoms with Crippen molar-refractivity contribution in [1.82, 2.24) is 25.3 Å². The number of aryl methyl sites for hydroxylation is 1. The molecule has 0 saturated carbocycles. The third-order valence-corrected chi connectivity index (χ3v) is 2.57. The Bertz CT molecular complexity index is 455. The van der Waals surface area contributed by atoms with E-state index in [1.807, 2.05) is 0 Å². The highest BCUT2D eigenvalue weighted by Gasteiger charge is 2.14. The molecule has 0 bridgehead atoms. The summed E-state index contributed by atoms with van der Waals surface area (Å²) >= 11 is 0. The molecule has 0 unspecified atom stereocenters. The van der Waals surface area contributed by atoms with Gasteiger partial charge in [0.05, 0.1) is 11.9 Å². The van der Waals surface area contributed by atoms with Gasteiger partial charge in [0.1, 0.15) is 5.56 Å². The quantitative estimate of drug-likeness (QED) is 0.603. The van der Waals surface area contributed by atoms with Gasteiger partial charge in [0.25, 0.3) is 0 Å². The number of aromatic nitrogens is 2. The van der Waals surface area contributed by atoms with Gasteiger partial charge in [-0.1, -0.05) is 0 Å². The Morgan fingerprint density at radius 1 is 1.42 bits per heavy atom. The molecule has 0 saturated heterocycles. The molecule has 106 valence electrons. The molecule has 0 spiro atoms. The van der Waals surface area contributed by atoms with Gasteiger partial charge in [-0.25, -0.2) is 9.59 Å². The maximum atomic E-state index is 11.2. The number of carboxylic acids is 1. The second-order valence-electron chi connectivity index (χ2n) is 4.24. The lowest BCUT2D eigenvalue weighted by molar-refractivity contribution is 0.0695. The van der Waals surface area contributed by atoms with Crippen LogP contribution >= 0.6 is 0 Å². The number of carboxylic acid groups (broad SMARTS) is 1. The maximum absolute atomic E-state index is 11.2. The van der Waals surface area contributed by atoms with E-state index in [-0.39, 0.29) is 11.6 Å². The summed E-state index contributed by atoms with van der Waals surface area (Å²) < 4.78 is 1.52. The summed E-state index contributed by atoms with van der Waals surface area (Å²) in [7, 11) is 5.02. The Morgan fingerprint density at radius 2 is 2.11 bits per heavy atom. The largest absolute Gasteiger partial charge is 0.478 e. The fourth-order valence-electron chi connectivity index (χ4n) is 1.47. The van der Waals surface area contributed by atoms with Gasteiger partial charge < -0.3 is 20.6 Å². The lowest BCUT2D eigenvalue weighted by Gasteiger charge is -2.12. The first-order valence-corrected chi connectivity index (χ1v) is 5.83. The van der Waals surface area contributed by atoms with Crippen molar-refractivity contribution in [2.45, 2.75) is 6.54 Å². The topological polar surface area (TPSA) is 99.5 Å². The smallest absolute Gasteiger partial charge is 0.339 e. The number of carbonyl (C=O) groups excluding carboxylic acids is 1. The summed E-state index contributed by atoms with van der Waals surface area (Å²) in [6.07, 6.45) is 1.33. The second kappa shape index (κ2) is 6.74. The van der Waals surface area contributed by atoms with Crippen molar-refractivity contribution in [3.8, 4) is 0 Å². The average Bonchev–Trinajstić information content (AvgIpc) is 2.70. The predicted octanol–water partition coefficient (Wildman–Crippen LogP) is -0.521. The highest BCUT2D eigenvalue weighted by Crippen LogP contribution is 2.06. The zero-order valence-electron chi connectivity index (χ0n) is 11.3. The van der Waals surface area contributed by atoms with Gasteiger partial charge in [0.2, 0.25) is 0 Å². The molecule has 1 heterocycles. The Labute approximate surface area is 111 Å². The van der Waals surface area contributed by atoms with Gasteiger partial charge in [-0.05, 0) is 0 Å². The van der Waals surface area contributed by atoms with Crippen molar-refractivity contribution in [1.29, 1.82) is 0 Å². The molecule has 0 aromatic carbocycles. The fraction of sp³-hybridized carbons (Fsp3) is 0.545. The van der Waals surface area contributed by atoms with E-state index in [1.165, 1.54) is 15.8 Å². The van der Waals surface area contributed by atoms with Crippen molar-refractivity contribution in [2.75, 3.05) is 27.2 Å². The predicted molar refractivity (Wildman–Crippen MR) is 69.0 cm³/mol. The average molecular weight is 269 g/mol. The number of carbonyl (C=O) groups is 2. The first-order valence-electron chi connectivity index (χ1n) is 5.83. The van der Waals surface area contributed by atoms with Crippen LogP contribution in [0.3, 0.4) is 0 Å². The third-order valence-electron chi connectivity index (χ3n) is 2.57. The van der Waals surface area contributed by atoms with E-state index in [4.69, 9.17) is 5.11 Å². The molecular formula is C11H19N5O3. The highest BCUT2D eigenvalue weighted by atomic mass is 16.4. The summed E-state index contributed by atoms with van der Waals surface area (Å²) in [6, 6.07) is -0.159. The molecule has 2 amide bonds. The minimum atomic E-state index is -0.995. The number of aromatic carboxylic acids is 1. The van der Waals surface area contributed by atoms with E-state index < -0.39 is 5.97 Å². The molecule has 8 heteroatoms. The van der Waals surface area contributed by atoms with E-state index in [9.17, 15) is 9.59 Å². The van der Waals surface area contributed by atoms with Crippen LogP contribution in [0.5, 0.6) is 0 Å². The van der Waals surface area contributed by atoms with Gasteiger partial charge in [-0.2, -0.15) is 5.10 Å². The van der Waals surface area contributed by atoms with Crippen LogP contribution in [0.1, 0.15) is 16.1 Å². The number of hydrogen-bond donors (Lipinski definition) is 3. The molecule has 0 atom stereocenters. The minimum absolute atomic E-state index is 0.159. The highest BCUT2D eigenvalue weighted by molar-refractivity contribution is 5.88. The Balaban J connectivity index is 2.36. The van der Waals surface area contributed by atoms with E-state index in [2.05, 4.69) is 15.7 Å². The van der Waals surface area contributed by atoms with Gasteiger partial charge in [-0.15, -0.1) is 0 Å². The lowest BCUT2D eigenvalue weighted by atomic mass is 10.2. The molecule has 3 N–H and O–H groups in total. The second-order valence-corrected chi connectivity index (χ2v) is 4.24. The number of nitrogens with one attached hydrogen (secondary N) is 2. The fourth-order valence-corrected chi connectivity index (χ4v) is 1.47. The van der Waals surface area contributed by atoms with Crippen molar-refractivity contribution in [2.24, 2.45) is 7.05 Å². The number of hydrogen-bond acceptors (Lipinski definition) is 4. The molecule has 0 fully saturated rings. The summed E-state index contributed by atoms with van der Waals surface area (Å²) in [5.41, 5.74) is 0.791. The van der Waals surface area contributed by atoms with Crippen LogP contribution in [0, 0.1) is 0 Å². The molecule has 0 aliphatic heterocycles. The monoisotopic (exact) mass is 269 g/mol. The third kappa shape index (κ3) is 4.25. The molecule has 1 aromatic rings. The molecule has 19 heavy (non-hydrogen) atoms. The van der Waals surface area contributed by atoms with E-state index in [0.29, 0.717) is 25.3 Å². The Hall–Kier alpha value is -2.09. The van der Waals surface area contributed by atoms with Gasteiger partial charge in [-0.3, -0.25) is 4.68 Å². The van der Waals surface area contributed by atoms with E-state index in [1.54, 1.807) is 21.1 Å². The lowest BCUT2D eigenvalue weighted by Crippen LogP contribution is -2.38. The first kappa shape index (κ1) is 15.0. The van der Waals surface area contributed by atoms with Crippen LogP contribution in [0.15, 0.2) is 6.20 Å². The summed E-state index contributed by atoms with van der Waals surface area (Å²) in [4.78, 5) is 23.6. The van der Waals surface area contributed by atoms with Crippen molar-refractivity contribution < 1.29 is 14.7 Å². The minimum Gasteiger partial charge on any atom is -0.478 e. The summed E-state index contributed by atoms with van der Waals surface area (Å²) in [5.74, 6) is -0.995. The van der Waals surface area contributed by atoms with Gasteiger partial charge in [0.15, 0.2) is 0 Å². The van der Waals surface area contributed by atoms with Crippen LogP contribution in [-0.2, 0) is 13.6 Å².